The summed E-state index contributed by atoms with van der Waals surface area (Å²) in [4.78, 5) is 19.8. The first kappa shape index (κ1) is 26.5. The third-order valence-corrected chi connectivity index (χ3v) is 7.80. The molecule has 3 aromatic rings. The van der Waals surface area contributed by atoms with Crippen LogP contribution in [0.25, 0.3) is 10.9 Å². The maximum absolute atomic E-state index is 13.1. The fraction of sp³-hybridized carbons (Fsp3) is 0.552. The molecule has 1 aliphatic carbocycles. The fourth-order valence-corrected chi connectivity index (χ4v) is 5.62. The minimum absolute atomic E-state index is 0.0179. The molecule has 2 aliphatic rings. The van der Waals surface area contributed by atoms with E-state index in [-0.39, 0.29) is 17.8 Å². The largest absolute Gasteiger partial charge is 0.471 e. The lowest BCUT2D eigenvalue weighted by Crippen LogP contribution is -2.38. The highest BCUT2D eigenvalue weighted by atomic mass is 19.3. The van der Waals surface area contributed by atoms with E-state index >= 15 is 0 Å². The number of fused-ring (bicyclic) bond motifs is 2. The molecule has 0 spiro atoms. The van der Waals surface area contributed by atoms with Crippen LogP contribution in [0.2, 0.25) is 0 Å². The Balaban J connectivity index is 1.04. The number of benzene rings is 1. The minimum Gasteiger partial charge on any atom is -0.471 e. The molecule has 7 nitrogen and oxygen atoms in total. The van der Waals surface area contributed by atoms with Crippen molar-refractivity contribution in [2.45, 2.75) is 63.8 Å². The molecule has 5 rings (SSSR count). The van der Waals surface area contributed by atoms with Crippen LogP contribution in [0.4, 0.5) is 8.78 Å². The van der Waals surface area contributed by atoms with E-state index in [2.05, 4.69) is 20.3 Å². The molecule has 2 aromatic heterocycles. The van der Waals surface area contributed by atoms with Crippen LogP contribution in [0, 0.1) is 5.92 Å². The van der Waals surface area contributed by atoms with Crippen LogP contribution >= 0.6 is 0 Å². The second-order valence-corrected chi connectivity index (χ2v) is 11.0. The van der Waals surface area contributed by atoms with Crippen molar-refractivity contribution in [3.63, 3.8) is 0 Å². The van der Waals surface area contributed by atoms with Gasteiger partial charge in [0.25, 0.3) is 11.8 Å². The van der Waals surface area contributed by atoms with Gasteiger partial charge >= 0.3 is 0 Å². The topological polar surface area (TPSA) is 72.3 Å². The minimum atomic E-state index is -2.87. The van der Waals surface area contributed by atoms with Gasteiger partial charge in [-0.15, -0.1) is 0 Å². The van der Waals surface area contributed by atoms with Gasteiger partial charge in [-0.2, -0.15) is 5.10 Å². The van der Waals surface area contributed by atoms with E-state index in [0.717, 1.165) is 88.1 Å². The predicted molar refractivity (Wildman–Crippen MR) is 143 cm³/mol. The Labute approximate surface area is 222 Å². The molecule has 0 bridgehead atoms. The molecule has 0 unspecified atom stereocenters. The van der Waals surface area contributed by atoms with Gasteiger partial charge in [0.1, 0.15) is 0 Å². The molecule has 38 heavy (non-hydrogen) atoms. The number of hydrogen-bond acceptors (Lipinski definition) is 5. The van der Waals surface area contributed by atoms with Crippen LogP contribution in [-0.4, -0.2) is 63.8 Å². The third-order valence-electron chi connectivity index (χ3n) is 7.80. The summed E-state index contributed by atoms with van der Waals surface area (Å²) in [5.74, 6) is -1.94. The van der Waals surface area contributed by atoms with Crippen molar-refractivity contribution in [2.24, 2.45) is 13.0 Å². The maximum Gasteiger partial charge on any atom is 0.278 e. The summed E-state index contributed by atoms with van der Waals surface area (Å²) >= 11 is 0. The van der Waals surface area contributed by atoms with Gasteiger partial charge in [-0.05, 0) is 68.7 Å². The molecule has 0 atom stereocenters. The standard InChI is InChI=1S/C29H37F2N5O2/c1-29(30,31)19-38-27-10-7-21-12-15-36(16-13-25(21)33-27)14-11-20-3-8-24(9-4-20)32-28(37)22-5-6-23-18-35(2)34-26(23)17-22/h5-7,10,17-18,20,24H,3-4,8-9,11-16,19H2,1-2H3,(H,32,37). The maximum atomic E-state index is 13.1. The lowest BCUT2D eigenvalue weighted by atomic mass is 9.84. The van der Waals surface area contributed by atoms with E-state index in [0.29, 0.717) is 11.5 Å². The molecular formula is C29H37F2N5O2. The number of pyridine rings is 1. The number of aromatic nitrogens is 3. The number of hydrogen-bond donors (Lipinski definition) is 1. The van der Waals surface area contributed by atoms with E-state index in [9.17, 15) is 13.6 Å². The molecule has 1 aliphatic heterocycles. The lowest BCUT2D eigenvalue weighted by molar-refractivity contribution is -0.0243. The summed E-state index contributed by atoms with van der Waals surface area (Å²) in [5.41, 5.74) is 3.65. The van der Waals surface area contributed by atoms with E-state index < -0.39 is 12.5 Å². The number of carbonyl (C=O) groups is 1. The Morgan fingerprint density at radius 1 is 1.13 bits per heavy atom. The molecule has 3 heterocycles. The van der Waals surface area contributed by atoms with Crippen molar-refractivity contribution in [3.8, 4) is 5.88 Å². The average molecular weight is 526 g/mol. The van der Waals surface area contributed by atoms with Crippen LogP contribution in [0.1, 0.15) is 60.6 Å². The number of nitrogens with zero attached hydrogens (tertiary/aromatic N) is 4. The number of amides is 1. The SMILES string of the molecule is Cn1cc2ccc(C(=O)NC3CCC(CCN4CCc5ccc(OCC(C)(F)F)nc5CC4)CC3)cc2n1. The van der Waals surface area contributed by atoms with Gasteiger partial charge in [-0.1, -0.05) is 12.1 Å². The van der Waals surface area contributed by atoms with Gasteiger partial charge < -0.3 is 15.0 Å². The monoisotopic (exact) mass is 525 g/mol. The van der Waals surface area contributed by atoms with Crippen molar-refractivity contribution in [3.05, 3.63) is 53.3 Å². The van der Waals surface area contributed by atoms with Crippen molar-refractivity contribution < 1.29 is 18.3 Å². The summed E-state index contributed by atoms with van der Waals surface area (Å²) in [7, 11) is 1.88. The van der Waals surface area contributed by atoms with Crippen LogP contribution in [-0.2, 0) is 19.9 Å². The molecule has 1 fully saturated rings. The first-order valence-electron chi connectivity index (χ1n) is 13.7. The van der Waals surface area contributed by atoms with E-state index in [1.807, 2.05) is 37.5 Å². The van der Waals surface area contributed by atoms with Crippen LogP contribution < -0.4 is 10.1 Å². The Morgan fingerprint density at radius 3 is 2.71 bits per heavy atom. The Kier molecular flexibility index (Phi) is 7.93. The normalized spacial score (nSPS) is 20.6. The summed E-state index contributed by atoms with van der Waals surface area (Å²) in [6, 6.07) is 9.58. The van der Waals surface area contributed by atoms with Crippen molar-refractivity contribution >= 4 is 16.8 Å². The van der Waals surface area contributed by atoms with Gasteiger partial charge in [0.2, 0.25) is 5.88 Å². The zero-order valence-electron chi connectivity index (χ0n) is 22.3. The molecule has 0 radical (unpaired) electrons. The quantitative estimate of drug-likeness (QED) is 0.458. The lowest BCUT2D eigenvalue weighted by Gasteiger charge is -2.30. The van der Waals surface area contributed by atoms with Crippen molar-refractivity contribution in [1.29, 1.82) is 0 Å². The van der Waals surface area contributed by atoms with Gasteiger partial charge in [0.15, 0.2) is 6.61 Å². The summed E-state index contributed by atoms with van der Waals surface area (Å²) in [6.45, 7) is 3.14. The number of rotatable bonds is 8. The first-order valence-corrected chi connectivity index (χ1v) is 13.7. The summed E-state index contributed by atoms with van der Waals surface area (Å²) < 4.78 is 33.2. The Bertz CT molecular complexity index is 1260. The Hall–Kier alpha value is -3.07. The van der Waals surface area contributed by atoms with Crippen molar-refractivity contribution in [1.82, 2.24) is 25.0 Å². The highest BCUT2D eigenvalue weighted by Crippen LogP contribution is 2.28. The number of ether oxygens (including phenoxy) is 1. The van der Waals surface area contributed by atoms with Crippen molar-refractivity contribution in [2.75, 3.05) is 26.2 Å². The molecule has 0 saturated heterocycles. The smallest absolute Gasteiger partial charge is 0.278 e. The average Bonchev–Trinajstić information content (AvgIpc) is 3.14. The van der Waals surface area contributed by atoms with Gasteiger partial charge in [-0.3, -0.25) is 9.48 Å². The second-order valence-electron chi connectivity index (χ2n) is 11.0. The van der Waals surface area contributed by atoms with Crippen LogP contribution in [0.15, 0.2) is 36.5 Å². The predicted octanol–water partition coefficient (Wildman–Crippen LogP) is 4.78. The highest BCUT2D eigenvalue weighted by molar-refractivity contribution is 5.97. The first-order chi connectivity index (χ1) is 18.2. The molecule has 1 aromatic carbocycles. The summed E-state index contributed by atoms with van der Waals surface area (Å²) in [6.07, 6.45) is 9.10. The van der Waals surface area contributed by atoms with Crippen LogP contribution in [0.3, 0.4) is 0 Å². The highest BCUT2D eigenvalue weighted by Gasteiger charge is 2.25. The summed E-state index contributed by atoms with van der Waals surface area (Å²) in [5, 5.41) is 8.67. The third kappa shape index (κ3) is 6.87. The fourth-order valence-electron chi connectivity index (χ4n) is 5.62. The van der Waals surface area contributed by atoms with Gasteiger partial charge in [0, 0.05) is 68.4 Å². The molecule has 1 saturated carbocycles. The van der Waals surface area contributed by atoms with E-state index in [4.69, 9.17) is 4.74 Å². The van der Waals surface area contributed by atoms with Gasteiger partial charge in [-0.25, -0.2) is 13.8 Å². The van der Waals surface area contributed by atoms with E-state index in [1.54, 1.807) is 10.7 Å². The zero-order valence-corrected chi connectivity index (χ0v) is 22.3. The molecule has 9 heteroatoms. The molecule has 204 valence electrons. The number of aryl methyl sites for hydroxylation is 1. The number of carbonyl (C=O) groups excluding carboxylic acids is 1. The number of alkyl halides is 2. The molecular weight excluding hydrogens is 488 g/mol. The van der Waals surface area contributed by atoms with Gasteiger partial charge in [0.05, 0.1) is 5.52 Å². The second kappa shape index (κ2) is 11.4. The molecule has 1 N–H and O–H groups in total. The van der Waals surface area contributed by atoms with E-state index in [1.165, 1.54) is 5.56 Å². The number of nitrogens with one attached hydrogen (secondary N) is 1. The molecule has 1 amide bonds. The van der Waals surface area contributed by atoms with Crippen LogP contribution in [0.5, 0.6) is 5.88 Å². The Morgan fingerprint density at radius 2 is 1.92 bits per heavy atom. The number of halogens is 2. The zero-order chi connectivity index (χ0) is 26.7.